The van der Waals surface area contributed by atoms with Crippen molar-refractivity contribution in [3.05, 3.63) is 73.1 Å². The molecule has 0 unspecified atom stereocenters. The molecule has 0 aliphatic heterocycles. The predicted octanol–water partition coefficient (Wildman–Crippen LogP) is 2.15. The van der Waals surface area contributed by atoms with Gasteiger partial charge in [-0.25, -0.2) is 0 Å². The second kappa shape index (κ2) is 4.22. The molecule has 0 saturated carbocycles. The van der Waals surface area contributed by atoms with Crippen molar-refractivity contribution in [2.45, 2.75) is 0 Å². The number of aromatic nitrogens is 3. The van der Waals surface area contributed by atoms with Crippen LogP contribution in [0.25, 0.3) is 11.4 Å². The average molecular weight is 222 g/mol. The van der Waals surface area contributed by atoms with Gasteiger partial charge in [-0.1, -0.05) is 36.4 Å². The van der Waals surface area contributed by atoms with E-state index in [0.29, 0.717) is 0 Å². The Morgan fingerprint density at radius 3 is 2.18 bits per heavy atom. The normalized spacial score (nSPS) is 10.4. The Morgan fingerprint density at radius 1 is 0.824 bits per heavy atom. The van der Waals surface area contributed by atoms with Crippen LogP contribution in [0.3, 0.4) is 0 Å². The van der Waals surface area contributed by atoms with E-state index in [0.717, 1.165) is 11.4 Å². The maximum absolute atomic E-state index is 4.48. The second-order valence-corrected chi connectivity index (χ2v) is 3.75. The Balaban J connectivity index is 1.99. The zero-order valence-corrected chi connectivity index (χ0v) is 9.27. The maximum atomic E-state index is 4.48. The van der Waals surface area contributed by atoms with Gasteiger partial charge in [-0.3, -0.25) is 0 Å². The molecule has 0 atom stereocenters. The van der Waals surface area contributed by atoms with Crippen LogP contribution >= 0.6 is 0 Å². The predicted molar refractivity (Wildman–Crippen MR) is 65.1 cm³/mol. The lowest BCUT2D eigenvalue weighted by molar-refractivity contribution is -0.660. The van der Waals surface area contributed by atoms with Gasteiger partial charge in [0.1, 0.15) is 5.21 Å². The molecule has 0 spiro atoms. The van der Waals surface area contributed by atoms with Crippen molar-refractivity contribution < 1.29 is 4.68 Å². The van der Waals surface area contributed by atoms with Crippen molar-refractivity contribution in [2.75, 3.05) is 0 Å². The van der Waals surface area contributed by atoms with Crippen LogP contribution in [0, 0.1) is 0 Å². The standard InChI is InChI=1S/C14H12N3/c1-3-7-13(8-4-1)16-11-12-17(15-16)14-9-5-2-6-10-14/h1-12H/q+1. The Kier molecular flexibility index (Phi) is 2.43. The summed E-state index contributed by atoms with van der Waals surface area (Å²) < 4.78 is 3.71. The minimum absolute atomic E-state index is 1.06. The smallest absolute Gasteiger partial charge is 0.102 e. The van der Waals surface area contributed by atoms with E-state index in [4.69, 9.17) is 0 Å². The SMILES string of the molecule is c1ccc(-n2cc[n+](-c3ccccc3)n2)cc1. The fourth-order valence-electron chi connectivity index (χ4n) is 1.73. The molecule has 17 heavy (non-hydrogen) atoms. The molecular formula is C14H12N3+. The van der Waals surface area contributed by atoms with Crippen molar-refractivity contribution in [1.82, 2.24) is 9.90 Å². The van der Waals surface area contributed by atoms with Gasteiger partial charge in [0, 0.05) is 0 Å². The van der Waals surface area contributed by atoms with Gasteiger partial charge < -0.3 is 0 Å². The summed E-state index contributed by atoms with van der Waals surface area (Å²) in [5.74, 6) is 0. The van der Waals surface area contributed by atoms with Gasteiger partial charge in [0.05, 0.1) is 0 Å². The molecule has 3 heteroatoms. The van der Waals surface area contributed by atoms with E-state index in [9.17, 15) is 0 Å². The van der Waals surface area contributed by atoms with Gasteiger partial charge >= 0.3 is 0 Å². The van der Waals surface area contributed by atoms with E-state index in [1.807, 2.05) is 82.4 Å². The molecule has 0 fully saturated rings. The van der Waals surface area contributed by atoms with E-state index in [1.54, 1.807) is 0 Å². The lowest BCUT2D eigenvalue weighted by Gasteiger charge is -1.92. The van der Waals surface area contributed by atoms with Crippen LogP contribution in [0.4, 0.5) is 0 Å². The van der Waals surface area contributed by atoms with Gasteiger partial charge in [0.2, 0.25) is 0 Å². The fraction of sp³-hybridized carbons (Fsp3) is 0. The van der Waals surface area contributed by atoms with Crippen LogP contribution in [0.2, 0.25) is 0 Å². The van der Waals surface area contributed by atoms with Crippen molar-refractivity contribution in [1.29, 1.82) is 0 Å². The molecule has 3 rings (SSSR count). The lowest BCUT2D eigenvalue weighted by Crippen LogP contribution is -2.32. The van der Waals surface area contributed by atoms with Crippen LogP contribution < -0.4 is 4.68 Å². The fourth-order valence-corrected chi connectivity index (χ4v) is 1.73. The molecule has 1 heterocycles. The molecule has 0 aliphatic carbocycles. The molecule has 0 N–H and O–H groups in total. The van der Waals surface area contributed by atoms with E-state index in [2.05, 4.69) is 5.21 Å². The molecule has 82 valence electrons. The third-order valence-corrected chi connectivity index (χ3v) is 2.58. The third-order valence-electron chi connectivity index (χ3n) is 2.58. The van der Waals surface area contributed by atoms with Gasteiger partial charge in [-0.05, 0) is 24.3 Å². The average Bonchev–Trinajstić information content (AvgIpc) is 2.90. The topological polar surface area (TPSA) is 21.7 Å². The zero-order chi connectivity index (χ0) is 11.5. The third kappa shape index (κ3) is 1.95. The van der Waals surface area contributed by atoms with E-state index in [1.165, 1.54) is 0 Å². The zero-order valence-electron chi connectivity index (χ0n) is 9.27. The quantitative estimate of drug-likeness (QED) is 0.609. The first-order valence-electron chi connectivity index (χ1n) is 5.52. The highest BCUT2D eigenvalue weighted by atomic mass is 15.5. The van der Waals surface area contributed by atoms with E-state index >= 15 is 0 Å². The molecule has 3 nitrogen and oxygen atoms in total. The summed E-state index contributed by atoms with van der Waals surface area (Å²) in [5.41, 5.74) is 2.12. The molecule has 0 saturated heterocycles. The first-order valence-corrected chi connectivity index (χ1v) is 5.52. The number of para-hydroxylation sites is 2. The van der Waals surface area contributed by atoms with Gasteiger partial charge in [-0.2, -0.15) is 0 Å². The summed E-state index contributed by atoms with van der Waals surface area (Å²) in [7, 11) is 0. The Labute approximate surface area is 99.6 Å². The van der Waals surface area contributed by atoms with Gasteiger partial charge in [0.25, 0.3) is 0 Å². The van der Waals surface area contributed by atoms with Gasteiger partial charge in [0.15, 0.2) is 23.8 Å². The number of rotatable bonds is 2. The molecule has 0 amide bonds. The minimum atomic E-state index is 1.06. The maximum Gasteiger partial charge on any atom is 0.162 e. The number of hydrogen-bond acceptors (Lipinski definition) is 1. The van der Waals surface area contributed by atoms with Crippen molar-refractivity contribution in [3.8, 4) is 11.4 Å². The van der Waals surface area contributed by atoms with Crippen molar-refractivity contribution in [2.24, 2.45) is 0 Å². The second-order valence-electron chi connectivity index (χ2n) is 3.75. The number of benzene rings is 2. The molecule has 0 aliphatic rings. The Hall–Kier alpha value is -2.42. The summed E-state index contributed by atoms with van der Waals surface area (Å²) in [6.45, 7) is 0. The van der Waals surface area contributed by atoms with Crippen LogP contribution in [-0.4, -0.2) is 9.90 Å². The van der Waals surface area contributed by atoms with Crippen LogP contribution in [-0.2, 0) is 0 Å². The number of hydrogen-bond donors (Lipinski definition) is 0. The van der Waals surface area contributed by atoms with Crippen molar-refractivity contribution in [3.63, 3.8) is 0 Å². The van der Waals surface area contributed by atoms with Crippen LogP contribution in [0.5, 0.6) is 0 Å². The van der Waals surface area contributed by atoms with E-state index in [-0.39, 0.29) is 0 Å². The van der Waals surface area contributed by atoms with Crippen LogP contribution in [0.15, 0.2) is 73.1 Å². The van der Waals surface area contributed by atoms with Crippen molar-refractivity contribution >= 4 is 0 Å². The summed E-state index contributed by atoms with van der Waals surface area (Å²) >= 11 is 0. The first kappa shape index (κ1) is 9.78. The summed E-state index contributed by atoms with van der Waals surface area (Å²) in [5, 5.41) is 4.48. The highest BCUT2D eigenvalue weighted by Crippen LogP contribution is 2.03. The molecular weight excluding hydrogens is 210 g/mol. The summed E-state index contributed by atoms with van der Waals surface area (Å²) in [6.07, 6.45) is 3.89. The largest absolute Gasteiger partial charge is 0.162 e. The molecule has 3 aromatic rings. The molecule has 0 radical (unpaired) electrons. The molecule has 1 aromatic heterocycles. The monoisotopic (exact) mass is 222 g/mol. The highest BCUT2D eigenvalue weighted by Gasteiger charge is 2.09. The Morgan fingerprint density at radius 2 is 1.47 bits per heavy atom. The van der Waals surface area contributed by atoms with Gasteiger partial charge in [-0.15, -0.1) is 9.36 Å². The highest BCUT2D eigenvalue weighted by molar-refractivity contribution is 5.29. The first-order chi connectivity index (χ1) is 8.43. The molecule has 2 aromatic carbocycles. The Bertz CT molecular complexity index is 546. The van der Waals surface area contributed by atoms with Crippen LogP contribution in [0.1, 0.15) is 0 Å². The lowest BCUT2D eigenvalue weighted by atomic mass is 10.3. The minimum Gasteiger partial charge on any atom is -0.102 e. The summed E-state index contributed by atoms with van der Waals surface area (Å²) in [4.78, 5) is 0. The molecule has 0 bridgehead atoms. The van der Waals surface area contributed by atoms with E-state index < -0.39 is 0 Å². The number of nitrogens with zero attached hydrogens (tertiary/aromatic N) is 3. The summed E-state index contributed by atoms with van der Waals surface area (Å²) in [6, 6.07) is 20.1.